The summed E-state index contributed by atoms with van der Waals surface area (Å²) in [6, 6.07) is 15.9. The highest BCUT2D eigenvalue weighted by Crippen LogP contribution is 2.22. The Morgan fingerprint density at radius 2 is 1.78 bits per heavy atom. The number of rotatable bonds is 6. The number of aromatic nitrogens is 2. The summed E-state index contributed by atoms with van der Waals surface area (Å²) in [4.78, 5) is 25.0. The van der Waals surface area contributed by atoms with Crippen LogP contribution in [0.1, 0.15) is 27.6 Å². The Morgan fingerprint density at radius 3 is 2.41 bits per heavy atom. The third-order valence-electron chi connectivity index (χ3n) is 3.85. The van der Waals surface area contributed by atoms with Crippen molar-refractivity contribution in [2.45, 2.75) is 6.92 Å². The molecule has 0 saturated heterocycles. The molecule has 1 aromatic heterocycles. The van der Waals surface area contributed by atoms with Crippen molar-refractivity contribution in [1.82, 2.24) is 9.78 Å². The van der Waals surface area contributed by atoms with Crippen LogP contribution in [0.15, 0.2) is 60.8 Å². The molecule has 1 amide bonds. The fourth-order valence-electron chi connectivity index (χ4n) is 2.51. The van der Waals surface area contributed by atoms with Crippen molar-refractivity contribution in [3.05, 3.63) is 71.9 Å². The van der Waals surface area contributed by atoms with Gasteiger partial charge in [0.2, 0.25) is 0 Å². The Balaban J connectivity index is 1.97. The molecule has 0 spiro atoms. The van der Waals surface area contributed by atoms with E-state index in [0.29, 0.717) is 17.0 Å². The minimum absolute atomic E-state index is 0.183. The highest BCUT2D eigenvalue weighted by molar-refractivity contribution is 6.07. The summed E-state index contributed by atoms with van der Waals surface area (Å²) in [5, 5.41) is 7.02. The van der Waals surface area contributed by atoms with Gasteiger partial charge < -0.3 is 14.8 Å². The Kier molecular flexibility index (Phi) is 5.51. The number of anilines is 1. The highest BCUT2D eigenvalue weighted by Gasteiger charge is 2.22. The number of esters is 1. The molecule has 2 aromatic carbocycles. The molecular formula is C20H19N3O4. The summed E-state index contributed by atoms with van der Waals surface area (Å²) in [7, 11) is 1.55. The van der Waals surface area contributed by atoms with Gasteiger partial charge in [-0.1, -0.05) is 18.2 Å². The number of hydrogen-bond acceptors (Lipinski definition) is 5. The van der Waals surface area contributed by atoms with Gasteiger partial charge in [0.25, 0.3) is 5.91 Å². The number of hydrogen-bond donors (Lipinski definition) is 1. The average Bonchev–Trinajstić information content (AvgIpc) is 3.12. The third-order valence-corrected chi connectivity index (χ3v) is 3.85. The molecule has 0 aliphatic heterocycles. The standard InChI is InChI=1S/C20H19N3O4/c1-3-27-20(25)17-13-21-23(15-7-5-4-6-8-15)18(17)22-19(24)14-9-11-16(26-2)12-10-14/h4-13H,3H2,1-2H3,(H,22,24). The zero-order valence-corrected chi connectivity index (χ0v) is 15.0. The molecule has 7 heteroatoms. The highest BCUT2D eigenvalue weighted by atomic mass is 16.5. The summed E-state index contributed by atoms with van der Waals surface area (Å²) in [6.07, 6.45) is 1.38. The fraction of sp³-hybridized carbons (Fsp3) is 0.150. The number of nitrogens with zero attached hydrogens (tertiary/aromatic N) is 2. The van der Waals surface area contributed by atoms with E-state index in [4.69, 9.17) is 9.47 Å². The first-order valence-electron chi connectivity index (χ1n) is 8.40. The summed E-state index contributed by atoms with van der Waals surface area (Å²) in [5.41, 5.74) is 1.31. The minimum atomic E-state index is -0.551. The normalized spacial score (nSPS) is 10.3. The molecule has 0 atom stereocenters. The Morgan fingerprint density at radius 1 is 1.07 bits per heavy atom. The predicted molar refractivity (Wildman–Crippen MR) is 100 cm³/mol. The first-order chi connectivity index (χ1) is 13.1. The van der Waals surface area contributed by atoms with Crippen LogP contribution in [-0.2, 0) is 4.74 Å². The summed E-state index contributed by atoms with van der Waals surface area (Å²) >= 11 is 0. The van der Waals surface area contributed by atoms with Gasteiger partial charge >= 0.3 is 5.97 Å². The van der Waals surface area contributed by atoms with Crippen LogP contribution >= 0.6 is 0 Å². The maximum Gasteiger partial charge on any atom is 0.343 e. The molecule has 0 radical (unpaired) electrons. The van der Waals surface area contributed by atoms with Gasteiger partial charge in [-0.2, -0.15) is 5.10 Å². The second kappa shape index (κ2) is 8.18. The molecule has 1 heterocycles. The van der Waals surface area contributed by atoms with Gasteiger partial charge in [0.15, 0.2) is 5.82 Å². The van der Waals surface area contributed by atoms with E-state index in [1.807, 2.05) is 30.3 Å². The van der Waals surface area contributed by atoms with Gasteiger partial charge in [0.1, 0.15) is 11.3 Å². The molecule has 0 saturated carbocycles. The van der Waals surface area contributed by atoms with Gasteiger partial charge in [0, 0.05) is 5.56 Å². The maximum atomic E-state index is 12.7. The van der Waals surface area contributed by atoms with E-state index in [1.165, 1.54) is 10.9 Å². The lowest BCUT2D eigenvalue weighted by Crippen LogP contribution is -2.18. The largest absolute Gasteiger partial charge is 0.497 e. The van der Waals surface area contributed by atoms with Crippen molar-refractivity contribution < 1.29 is 19.1 Å². The molecular weight excluding hydrogens is 346 g/mol. The smallest absolute Gasteiger partial charge is 0.343 e. The van der Waals surface area contributed by atoms with E-state index in [0.717, 1.165) is 0 Å². The first-order valence-corrected chi connectivity index (χ1v) is 8.40. The fourth-order valence-corrected chi connectivity index (χ4v) is 2.51. The molecule has 0 aliphatic carbocycles. The van der Waals surface area contributed by atoms with Gasteiger partial charge in [-0.15, -0.1) is 0 Å². The number of carbonyl (C=O) groups is 2. The number of nitrogens with one attached hydrogen (secondary N) is 1. The van der Waals surface area contributed by atoms with Crippen LogP contribution in [0.2, 0.25) is 0 Å². The summed E-state index contributed by atoms with van der Waals surface area (Å²) < 4.78 is 11.7. The molecule has 3 rings (SSSR count). The molecule has 138 valence electrons. The lowest BCUT2D eigenvalue weighted by atomic mass is 10.2. The number of amides is 1. The minimum Gasteiger partial charge on any atom is -0.497 e. The second-order valence-electron chi connectivity index (χ2n) is 5.56. The van der Waals surface area contributed by atoms with Crippen molar-refractivity contribution in [2.75, 3.05) is 19.0 Å². The monoisotopic (exact) mass is 365 g/mol. The van der Waals surface area contributed by atoms with Crippen LogP contribution in [0.25, 0.3) is 5.69 Å². The molecule has 27 heavy (non-hydrogen) atoms. The van der Waals surface area contributed by atoms with Crippen molar-refractivity contribution >= 4 is 17.7 Å². The molecule has 1 N–H and O–H groups in total. The van der Waals surface area contributed by atoms with Crippen molar-refractivity contribution in [3.63, 3.8) is 0 Å². The maximum absolute atomic E-state index is 12.7. The van der Waals surface area contributed by atoms with Crippen LogP contribution in [0.5, 0.6) is 5.75 Å². The number of benzene rings is 2. The second-order valence-corrected chi connectivity index (χ2v) is 5.56. The lowest BCUT2D eigenvalue weighted by molar-refractivity contribution is 0.0527. The number of para-hydroxylation sites is 1. The van der Waals surface area contributed by atoms with E-state index in [-0.39, 0.29) is 23.9 Å². The zero-order chi connectivity index (χ0) is 19.2. The average molecular weight is 365 g/mol. The molecule has 3 aromatic rings. The Bertz CT molecular complexity index is 934. The molecule has 0 fully saturated rings. The molecule has 0 unspecified atom stereocenters. The van der Waals surface area contributed by atoms with Crippen molar-refractivity contribution in [1.29, 1.82) is 0 Å². The van der Waals surface area contributed by atoms with E-state index < -0.39 is 5.97 Å². The van der Waals surface area contributed by atoms with Gasteiger partial charge in [-0.25, -0.2) is 9.48 Å². The molecule has 0 aliphatic rings. The van der Waals surface area contributed by atoms with E-state index >= 15 is 0 Å². The summed E-state index contributed by atoms with van der Waals surface area (Å²) in [5.74, 6) is -0.0286. The predicted octanol–water partition coefficient (Wildman–Crippen LogP) is 3.31. The van der Waals surface area contributed by atoms with Crippen LogP contribution in [-0.4, -0.2) is 35.4 Å². The number of carbonyl (C=O) groups excluding carboxylic acids is 2. The Hall–Kier alpha value is -3.61. The van der Waals surface area contributed by atoms with Crippen LogP contribution < -0.4 is 10.1 Å². The third kappa shape index (κ3) is 3.98. The lowest BCUT2D eigenvalue weighted by Gasteiger charge is -2.11. The summed E-state index contributed by atoms with van der Waals surface area (Å²) in [6.45, 7) is 1.94. The SMILES string of the molecule is CCOC(=O)c1cnn(-c2ccccc2)c1NC(=O)c1ccc(OC)cc1. The van der Waals surface area contributed by atoms with Gasteiger partial charge in [0.05, 0.1) is 25.6 Å². The van der Waals surface area contributed by atoms with E-state index in [9.17, 15) is 9.59 Å². The first kappa shape index (κ1) is 18.2. The van der Waals surface area contributed by atoms with E-state index in [2.05, 4.69) is 10.4 Å². The van der Waals surface area contributed by atoms with Gasteiger partial charge in [-0.05, 0) is 43.3 Å². The van der Waals surface area contributed by atoms with Crippen LogP contribution in [0.4, 0.5) is 5.82 Å². The van der Waals surface area contributed by atoms with Crippen LogP contribution in [0, 0.1) is 0 Å². The quantitative estimate of drug-likeness (QED) is 0.678. The van der Waals surface area contributed by atoms with E-state index in [1.54, 1.807) is 38.3 Å². The molecule has 0 bridgehead atoms. The molecule has 7 nitrogen and oxygen atoms in total. The topological polar surface area (TPSA) is 82.5 Å². The number of methoxy groups -OCH3 is 1. The van der Waals surface area contributed by atoms with Crippen molar-refractivity contribution in [2.24, 2.45) is 0 Å². The number of ether oxygens (including phenoxy) is 2. The zero-order valence-electron chi connectivity index (χ0n) is 15.0. The van der Waals surface area contributed by atoms with Gasteiger partial charge in [-0.3, -0.25) is 4.79 Å². The van der Waals surface area contributed by atoms with Crippen LogP contribution in [0.3, 0.4) is 0 Å². The van der Waals surface area contributed by atoms with Crippen molar-refractivity contribution in [3.8, 4) is 11.4 Å². The Labute approximate surface area is 156 Å².